The number of nitrogens with zero attached hydrogens (tertiary/aromatic N) is 2. The number of hydrogen-bond acceptors (Lipinski definition) is 11. The van der Waals surface area contributed by atoms with E-state index in [4.69, 9.17) is 28.7 Å². The highest BCUT2D eigenvalue weighted by Gasteiger charge is 2.35. The van der Waals surface area contributed by atoms with Gasteiger partial charge in [0.15, 0.2) is 11.9 Å². The van der Waals surface area contributed by atoms with Gasteiger partial charge in [0.2, 0.25) is 41.4 Å². The number of aliphatic imine (C=N–C) groups is 2. The summed E-state index contributed by atoms with van der Waals surface area (Å²) in [5.41, 5.74) is 27.2. The highest BCUT2D eigenvalue weighted by atomic mass is 16.4. The summed E-state index contributed by atoms with van der Waals surface area (Å²) in [6.45, 7) is 11.7. The van der Waals surface area contributed by atoms with E-state index in [-0.39, 0.29) is 100 Å². The van der Waals surface area contributed by atoms with E-state index in [9.17, 15) is 43.5 Å². The van der Waals surface area contributed by atoms with Gasteiger partial charge in [0.05, 0.1) is 6.04 Å². The normalized spacial score (nSPS) is 16.4. The number of primary amides is 1. The first-order chi connectivity index (χ1) is 29.5. The van der Waals surface area contributed by atoms with Gasteiger partial charge in [-0.2, -0.15) is 0 Å². The summed E-state index contributed by atoms with van der Waals surface area (Å²) in [4.78, 5) is 114. The van der Waals surface area contributed by atoms with Crippen LogP contribution in [0, 0.1) is 17.8 Å². The molecule has 1 aliphatic rings. The Kier molecular flexibility index (Phi) is 25.3. The molecule has 1 heterocycles. The maximum Gasteiger partial charge on any atom is 0.326 e. The molecule has 0 bridgehead atoms. The molecule has 0 aromatic heterocycles. The third-order valence-corrected chi connectivity index (χ3v) is 9.85. The van der Waals surface area contributed by atoms with Crippen LogP contribution in [0.15, 0.2) is 9.98 Å². The summed E-state index contributed by atoms with van der Waals surface area (Å²) < 4.78 is 0. The van der Waals surface area contributed by atoms with Crippen molar-refractivity contribution in [2.45, 2.75) is 154 Å². The molecule has 7 amide bonds. The molecule has 18 N–H and O–H groups in total. The standard InChI is InChI=1S/C40H74N14O9/c1-21(2)18-28(36(60)51-27(13-14-31(41)55)35(59)54-30(38(62)63)20-23(5)6)53-37(61)29(19-22(3)4)52-34(58)26(12-9-17-48-40(44)45)50-33(57)25(11-8-16-47-39(42)43)49-32(56)24-10-7-15-46-24/h21-30,46H,7-20H2,1-6H3,(H2,41,55)(H,49,56)(H,50,57)(H,51,60)(H,52,58)(H,53,61)(H,54,59)(H,62,63)(H4,42,43,47)(H4,44,45,48)/t24-,25-,26-,27-,28-,29-,30-/m0/s1. The van der Waals surface area contributed by atoms with E-state index in [1.165, 1.54) is 0 Å². The lowest BCUT2D eigenvalue weighted by atomic mass is 9.99. The van der Waals surface area contributed by atoms with Gasteiger partial charge in [0, 0.05) is 19.5 Å². The van der Waals surface area contributed by atoms with Crippen molar-refractivity contribution in [3.05, 3.63) is 0 Å². The fraction of sp³-hybridized carbons (Fsp3) is 0.750. The minimum Gasteiger partial charge on any atom is -0.480 e. The van der Waals surface area contributed by atoms with E-state index in [1.54, 1.807) is 27.7 Å². The summed E-state index contributed by atoms with van der Waals surface area (Å²) >= 11 is 0. The minimum absolute atomic E-state index is 0.0241. The van der Waals surface area contributed by atoms with E-state index in [1.807, 2.05) is 13.8 Å². The highest BCUT2D eigenvalue weighted by molar-refractivity contribution is 5.97. The Balaban J connectivity index is 3.42. The molecule has 0 aromatic rings. The maximum atomic E-state index is 14.1. The van der Waals surface area contributed by atoms with Gasteiger partial charge in [0.1, 0.15) is 36.3 Å². The van der Waals surface area contributed by atoms with Crippen LogP contribution in [0.2, 0.25) is 0 Å². The molecular weight excluding hydrogens is 821 g/mol. The first kappa shape index (κ1) is 55.3. The highest BCUT2D eigenvalue weighted by Crippen LogP contribution is 2.13. The summed E-state index contributed by atoms with van der Waals surface area (Å²) in [5, 5.41) is 28.7. The Morgan fingerprint density at radius 2 is 0.921 bits per heavy atom. The number of nitrogens with two attached hydrogens (primary N) is 5. The Labute approximate surface area is 369 Å². The topological polar surface area (TPSA) is 396 Å². The number of guanidine groups is 2. The average molecular weight is 895 g/mol. The second-order valence-corrected chi connectivity index (χ2v) is 17.1. The summed E-state index contributed by atoms with van der Waals surface area (Å²) in [6.07, 6.45) is 1.81. The second kappa shape index (κ2) is 28.8. The van der Waals surface area contributed by atoms with Crippen molar-refractivity contribution in [1.29, 1.82) is 0 Å². The molecule has 23 nitrogen and oxygen atoms in total. The third kappa shape index (κ3) is 23.3. The number of carboxylic acid groups (broad SMARTS) is 1. The first-order valence-electron chi connectivity index (χ1n) is 21.7. The van der Waals surface area contributed by atoms with Gasteiger partial charge < -0.3 is 71.0 Å². The van der Waals surface area contributed by atoms with Gasteiger partial charge in [-0.25, -0.2) is 4.79 Å². The van der Waals surface area contributed by atoms with Crippen LogP contribution in [0.5, 0.6) is 0 Å². The molecule has 1 fully saturated rings. The molecule has 0 aromatic carbocycles. The molecule has 7 atom stereocenters. The van der Waals surface area contributed by atoms with Crippen LogP contribution in [0.4, 0.5) is 0 Å². The van der Waals surface area contributed by atoms with Crippen LogP contribution in [0.3, 0.4) is 0 Å². The predicted molar refractivity (Wildman–Crippen MR) is 237 cm³/mol. The Bertz CT molecular complexity index is 1590. The van der Waals surface area contributed by atoms with Crippen LogP contribution in [-0.4, -0.2) is 126 Å². The summed E-state index contributed by atoms with van der Waals surface area (Å²) in [5.74, 6) is -6.93. The molecule has 0 radical (unpaired) electrons. The van der Waals surface area contributed by atoms with Crippen molar-refractivity contribution in [1.82, 2.24) is 37.2 Å². The quantitative estimate of drug-likeness (QED) is 0.0198. The van der Waals surface area contributed by atoms with Gasteiger partial charge in [-0.1, -0.05) is 41.5 Å². The number of nitrogens with one attached hydrogen (secondary N) is 7. The molecule has 0 saturated carbocycles. The average Bonchev–Trinajstić information content (AvgIpc) is 3.72. The Hall–Kier alpha value is -5.74. The lowest BCUT2D eigenvalue weighted by molar-refractivity contribution is -0.143. The van der Waals surface area contributed by atoms with Crippen molar-refractivity contribution >= 4 is 59.2 Å². The van der Waals surface area contributed by atoms with Crippen molar-refractivity contribution in [3.8, 4) is 0 Å². The molecule has 0 aliphatic carbocycles. The van der Waals surface area contributed by atoms with Crippen LogP contribution >= 0.6 is 0 Å². The molecular formula is C40H74N14O9. The monoisotopic (exact) mass is 895 g/mol. The van der Waals surface area contributed by atoms with Crippen LogP contribution in [0.1, 0.15) is 112 Å². The SMILES string of the molecule is CC(C)C[C@H](NC(=O)[C@H](CCC(N)=O)NC(=O)[C@H](CC(C)C)NC(=O)[C@H](CC(C)C)NC(=O)[C@H](CCCN=C(N)N)NC(=O)[C@H](CCCN=C(N)N)NC(=O)[C@@H]1CCCN1)C(=O)O. The van der Waals surface area contributed by atoms with Gasteiger partial charge >= 0.3 is 5.97 Å². The second-order valence-electron chi connectivity index (χ2n) is 17.1. The zero-order chi connectivity index (χ0) is 47.8. The third-order valence-electron chi connectivity index (χ3n) is 9.85. The van der Waals surface area contributed by atoms with Crippen molar-refractivity contribution in [3.63, 3.8) is 0 Å². The number of aliphatic carboxylic acids is 1. The number of carboxylic acids is 1. The Morgan fingerprint density at radius 1 is 0.556 bits per heavy atom. The minimum atomic E-state index is -1.38. The molecule has 1 saturated heterocycles. The summed E-state index contributed by atoms with van der Waals surface area (Å²) in [7, 11) is 0. The first-order valence-corrected chi connectivity index (χ1v) is 21.7. The molecule has 358 valence electrons. The molecule has 0 unspecified atom stereocenters. The fourth-order valence-electron chi connectivity index (χ4n) is 6.74. The number of rotatable bonds is 30. The van der Waals surface area contributed by atoms with E-state index in [2.05, 4.69) is 47.2 Å². The predicted octanol–water partition coefficient (Wildman–Crippen LogP) is -2.76. The molecule has 63 heavy (non-hydrogen) atoms. The van der Waals surface area contributed by atoms with Gasteiger partial charge in [0.25, 0.3) is 0 Å². The van der Waals surface area contributed by atoms with Crippen molar-refractivity contribution in [2.75, 3.05) is 19.6 Å². The number of hydrogen-bond donors (Lipinski definition) is 13. The van der Waals surface area contributed by atoms with E-state index >= 15 is 0 Å². The zero-order valence-electron chi connectivity index (χ0n) is 37.7. The van der Waals surface area contributed by atoms with Crippen LogP contribution < -0.4 is 65.9 Å². The Morgan fingerprint density at radius 3 is 1.29 bits per heavy atom. The lowest BCUT2D eigenvalue weighted by Gasteiger charge is -2.29. The summed E-state index contributed by atoms with van der Waals surface area (Å²) in [6, 6.07) is -7.92. The molecule has 23 heteroatoms. The number of carbonyl (C=O) groups is 8. The number of carbonyl (C=O) groups excluding carboxylic acids is 7. The van der Waals surface area contributed by atoms with Crippen LogP contribution in [-0.2, 0) is 38.4 Å². The molecule has 1 rings (SSSR count). The zero-order valence-corrected chi connectivity index (χ0v) is 37.7. The maximum absolute atomic E-state index is 14.1. The van der Waals surface area contributed by atoms with Gasteiger partial charge in [-0.3, -0.25) is 43.5 Å². The largest absolute Gasteiger partial charge is 0.480 e. The molecule has 0 spiro atoms. The van der Waals surface area contributed by atoms with E-state index in [0.29, 0.717) is 19.4 Å². The van der Waals surface area contributed by atoms with Crippen molar-refractivity contribution in [2.24, 2.45) is 56.4 Å². The van der Waals surface area contributed by atoms with E-state index in [0.717, 1.165) is 6.42 Å². The van der Waals surface area contributed by atoms with Crippen LogP contribution in [0.25, 0.3) is 0 Å². The fourth-order valence-corrected chi connectivity index (χ4v) is 6.74. The van der Waals surface area contributed by atoms with Gasteiger partial charge in [-0.15, -0.1) is 0 Å². The smallest absolute Gasteiger partial charge is 0.326 e. The number of amides is 7. The van der Waals surface area contributed by atoms with Crippen molar-refractivity contribution < 1.29 is 43.5 Å². The van der Waals surface area contributed by atoms with Gasteiger partial charge in [-0.05, 0) is 88.5 Å². The molecule has 1 aliphatic heterocycles. The lowest BCUT2D eigenvalue weighted by Crippen LogP contribution is -2.60. The van der Waals surface area contributed by atoms with E-state index < -0.39 is 83.7 Å².